The van der Waals surface area contributed by atoms with Crippen molar-refractivity contribution in [1.29, 1.82) is 0 Å². The van der Waals surface area contributed by atoms with Crippen molar-refractivity contribution in [1.82, 2.24) is 5.32 Å². The summed E-state index contributed by atoms with van der Waals surface area (Å²) in [6.07, 6.45) is 6.56. The summed E-state index contributed by atoms with van der Waals surface area (Å²) in [5, 5.41) is 12.1. The lowest BCUT2D eigenvalue weighted by molar-refractivity contribution is -0.142. The molecule has 3 saturated carbocycles. The number of hydrogen-bond acceptors (Lipinski definition) is 2. The van der Waals surface area contributed by atoms with Gasteiger partial charge in [0.05, 0.1) is 5.92 Å². The van der Waals surface area contributed by atoms with E-state index >= 15 is 0 Å². The van der Waals surface area contributed by atoms with E-state index in [1.165, 1.54) is 6.42 Å². The Morgan fingerprint density at radius 1 is 0.889 bits per heavy atom. The highest BCUT2D eigenvalue weighted by molar-refractivity contribution is 5.79. The summed E-state index contributed by atoms with van der Waals surface area (Å²) in [6.45, 7) is 0. The maximum Gasteiger partial charge on any atom is 0.306 e. The summed E-state index contributed by atoms with van der Waals surface area (Å²) in [7, 11) is 0. The average Bonchev–Trinajstić information content (AvgIpc) is 2.96. The highest BCUT2D eigenvalue weighted by atomic mass is 16.4. The first-order valence-electron chi connectivity index (χ1n) is 7.16. The summed E-state index contributed by atoms with van der Waals surface area (Å²) in [6, 6.07) is 0.213. The van der Waals surface area contributed by atoms with E-state index in [1.807, 2.05) is 0 Å². The minimum atomic E-state index is -0.685. The standard InChI is InChI=1S/C14H21NO3/c16-13(11-6-9-5-10(9)7-11)15-12-3-1-8(2-4-12)14(17)18/h8-12H,1-7H2,(H,15,16)(H,17,18). The van der Waals surface area contributed by atoms with E-state index in [1.54, 1.807) is 0 Å². The van der Waals surface area contributed by atoms with Gasteiger partial charge in [-0.1, -0.05) is 0 Å². The van der Waals surface area contributed by atoms with Crippen LogP contribution in [0.4, 0.5) is 0 Å². The Labute approximate surface area is 107 Å². The fraction of sp³-hybridized carbons (Fsp3) is 0.857. The number of amides is 1. The number of aliphatic carboxylic acids is 1. The van der Waals surface area contributed by atoms with Crippen LogP contribution in [0.1, 0.15) is 44.9 Å². The van der Waals surface area contributed by atoms with Gasteiger partial charge in [0.1, 0.15) is 0 Å². The number of nitrogens with one attached hydrogen (secondary N) is 1. The molecule has 0 aromatic rings. The van der Waals surface area contributed by atoms with Crippen LogP contribution in [0.5, 0.6) is 0 Å². The van der Waals surface area contributed by atoms with Gasteiger partial charge in [-0.15, -0.1) is 0 Å². The van der Waals surface area contributed by atoms with Crippen LogP contribution in [0.15, 0.2) is 0 Å². The highest BCUT2D eigenvalue weighted by Gasteiger charge is 2.48. The summed E-state index contributed by atoms with van der Waals surface area (Å²) in [5.74, 6) is 1.26. The van der Waals surface area contributed by atoms with Crippen LogP contribution in [-0.2, 0) is 9.59 Å². The fourth-order valence-electron chi connectivity index (χ4n) is 3.73. The van der Waals surface area contributed by atoms with Crippen molar-refractivity contribution in [3.63, 3.8) is 0 Å². The van der Waals surface area contributed by atoms with Crippen molar-refractivity contribution in [3.8, 4) is 0 Å². The van der Waals surface area contributed by atoms with Gasteiger partial charge in [-0.05, 0) is 56.8 Å². The number of fused-ring (bicyclic) bond motifs is 1. The molecule has 3 aliphatic carbocycles. The molecule has 3 aliphatic rings. The first-order valence-corrected chi connectivity index (χ1v) is 7.16. The highest BCUT2D eigenvalue weighted by Crippen LogP contribution is 2.54. The van der Waals surface area contributed by atoms with Gasteiger partial charge >= 0.3 is 5.97 Å². The molecule has 1 amide bonds. The average molecular weight is 251 g/mol. The molecule has 18 heavy (non-hydrogen) atoms. The summed E-state index contributed by atoms with van der Waals surface area (Å²) < 4.78 is 0. The van der Waals surface area contributed by atoms with Crippen LogP contribution in [0.25, 0.3) is 0 Å². The lowest BCUT2D eigenvalue weighted by Crippen LogP contribution is -2.41. The second kappa shape index (κ2) is 4.56. The zero-order valence-electron chi connectivity index (χ0n) is 10.6. The third-order valence-corrected chi connectivity index (χ3v) is 5.04. The van der Waals surface area contributed by atoms with Crippen molar-refractivity contribution < 1.29 is 14.7 Å². The Hall–Kier alpha value is -1.06. The van der Waals surface area contributed by atoms with E-state index < -0.39 is 5.97 Å². The maximum absolute atomic E-state index is 12.1. The quantitative estimate of drug-likeness (QED) is 0.803. The Kier molecular flexibility index (Phi) is 3.04. The van der Waals surface area contributed by atoms with Crippen LogP contribution in [0, 0.1) is 23.7 Å². The first-order chi connectivity index (χ1) is 8.63. The molecule has 3 rings (SSSR count). The van der Waals surface area contributed by atoms with Crippen LogP contribution in [0.3, 0.4) is 0 Å². The van der Waals surface area contributed by atoms with Crippen molar-refractivity contribution in [2.24, 2.45) is 23.7 Å². The molecule has 2 N–H and O–H groups in total. The molecule has 0 aromatic heterocycles. The molecule has 0 spiro atoms. The Bertz CT molecular complexity index is 350. The zero-order valence-corrected chi connectivity index (χ0v) is 10.6. The molecule has 0 bridgehead atoms. The number of hydrogen-bond donors (Lipinski definition) is 2. The van der Waals surface area contributed by atoms with E-state index in [4.69, 9.17) is 5.11 Å². The number of rotatable bonds is 3. The molecule has 0 aliphatic heterocycles. The predicted molar refractivity (Wildman–Crippen MR) is 65.8 cm³/mol. The van der Waals surface area contributed by atoms with Crippen LogP contribution in [-0.4, -0.2) is 23.0 Å². The largest absolute Gasteiger partial charge is 0.481 e. The molecule has 0 saturated heterocycles. The van der Waals surface area contributed by atoms with E-state index in [9.17, 15) is 9.59 Å². The van der Waals surface area contributed by atoms with Crippen molar-refractivity contribution in [3.05, 3.63) is 0 Å². The SMILES string of the molecule is O=C(O)C1CCC(NC(=O)C2CC3CC3C2)CC1. The third-order valence-electron chi connectivity index (χ3n) is 5.04. The molecule has 4 heteroatoms. The fourth-order valence-corrected chi connectivity index (χ4v) is 3.73. The third kappa shape index (κ3) is 2.38. The van der Waals surface area contributed by atoms with Crippen molar-refractivity contribution in [2.75, 3.05) is 0 Å². The van der Waals surface area contributed by atoms with Crippen LogP contribution < -0.4 is 5.32 Å². The van der Waals surface area contributed by atoms with Gasteiger partial charge < -0.3 is 10.4 Å². The van der Waals surface area contributed by atoms with Gasteiger partial charge in [-0.3, -0.25) is 9.59 Å². The van der Waals surface area contributed by atoms with Gasteiger partial charge in [-0.2, -0.15) is 0 Å². The Balaban J connectivity index is 1.43. The Morgan fingerprint density at radius 3 is 2.06 bits per heavy atom. The smallest absolute Gasteiger partial charge is 0.306 e. The first kappa shape index (κ1) is 12.0. The number of carboxylic acids is 1. The molecule has 2 atom stereocenters. The van der Waals surface area contributed by atoms with Crippen molar-refractivity contribution in [2.45, 2.75) is 51.0 Å². The number of carboxylic acid groups (broad SMARTS) is 1. The number of carbonyl (C=O) groups is 2. The molecule has 0 heterocycles. The van der Waals surface area contributed by atoms with E-state index in [0.717, 1.165) is 37.5 Å². The zero-order chi connectivity index (χ0) is 12.7. The van der Waals surface area contributed by atoms with Gasteiger partial charge in [0, 0.05) is 12.0 Å². The minimum absolute atomic E-state index is 0.197. The van der Waals surface area contributed by atoms with E-state index in [2.05, 4.69) is 5.32 Å². The van der Waals surface area contributed by atoms with E-state index in [0.29, 0.717) is 12.8 Å². The molecule has 4 nitrogen and oxygen atoms in total. The van der Waals surface area contributed by atoms with Gasteiger partial charge in [0.2, 0.25) is 5.91 Å². The molecule has 2 unspecified atom stereocenters. The van der Waals surface area contributed by atoms with Gasteiger partial charge in [0.25, 0.3) is 0 Å². The van der Waals surface area contributed by atoms with Crippen LogP contribution in [0.2, 0.25) is 0 Å². The maximum atomic E-state index is 12.1. The Morgan fingerprint density at radius 2 is 1.50 bits per heavy atom. The molecule has 0 radical (unpaired) electrons. The molecule has 0 aromatic carbocycles. The second-order valence-corrected chi connectivity index (χ2v) is 6.32. The van der Waals surface area contributed by atoms with Crippen LogP contribution >= 0.6 is 0 Å². The topological polar surface area (TPSA) is 66.4 Å². The molecular formula is C14H21NO3. The number of carbonyl (C=O) groups excluding carboxylic acids is 1. The molecular weight excluding hydrogens is 230 g/mol. The van der Waals surface area contributed by atoms with E-state index in [-0.39, 0.29) is 23.8 Å². The summed E-state index contributed by atoms with van der Waals surface area (Å²) in [5.41, 5.74) is 0. The lowest BCUT2D eigenvalue weighted by Gasteiger charge is -2.28. The minimum Gasteiger partial charge on any atom is -0.481 e. The predicted octanol–water partition coefficient (Wildman–Crippen LogP) is 1.79. The monoisotopic (exact) mass is 251 g/mol. The summed E-state index contributed by atoms with van der Waals surface area (Å²) in [4.78, 5) is 22.9. The van der Waals surface area contributed by atoms with Gasteiger partial charge in [0.15, 0.2) is 0 Å². The molecule has 100 valence electrons. The van der Waals surface area contributed by atoms with Crippen molar-refractivity contribution >= 4 is 11.9 Å². The molecule has 3 fully saturated rings. The normalized spacial score (nSPS) is 42.1. The summed E-state index contributed by atoms with van der Waals surface area (Å²) >= 11 is 0. The second-order valence-electron chi connectivity index (χ2n) is 6.32. The van der Waals surface area contributed by atoms with Gasteiger partial charge in [-0.25, -0.2) is 0 Å². The lowest BCUT2D eigenvalue weighted by atomic mass is 9.86.